The summed E-state index contributed by atoms with van der Waals surface area (Å²) in [5.74, 6) is 0. The van der Waals surface area contributed by atoms with Crippen LogP contribution in [0.3, 0.4) is 0 Å². The number of nitrogens with zero attached hydrogens (tertiary/aromatic N) is 2. The third-order valence-electron chi connectivity index (χ3n) is 3.28. The zero-order chi connectivity index (χ0) is 15.9. The van der Waals surface area contributed by atoms with Gasteiger partial charge in [-0.25, -0.2) is 13.1 Å². The highest BCUT2D eigenvalue weighted by molar-refractivity contribution is 8.13. The Bertz CT molecular complexity index is 788. The third-order valence-corrected chi connectivity index (χ3v) is 5.12. The lowest BCUT2D eigenvalue weighted by Crippen LogP contribution is -2.03. The molecule has 0 saturated heterocycles. The smallest absolute Gasteiger partial charge is 0.220 e. The van der Waals surface area contributed by atoms with E-state index < -0.39 is 9.05 Å². The highest BCUT2D eigenvalue weighted by Gasteiger charge is 2.27. The van der Waals surface area contributed by atoms with Crippen molar-refractivity contribution in [3.8, 4) is 5.69 Å². The van der Waals surface area contributed by atoms with Crippen LogP contribution in [0.4, 0.5) is 0 Å². The van der Waals surface area contributed by atoms with Crippen LogP contribution < -0.4 is 0 Å². The van der Waals surface area contributed by atoms with Crippen LogP contribution in [0, 0.1) is 20.8 Å². The van der Waals surface area contributed by atoms with E-state index in [1.807, 2.05) is 39.8 Å². The Morgan fingerprint density at radius 3 is 2.10 bits per heavy atom. The summed E-state index contributed by atoms with van der Waals surface area (Å²) in [4.78, 5) is -0.104. The van der Waals surface area contributed by atoms with Gasteiger partial charge in [0.15, 0.2) is 5.15 Å². The van der Waals surface area contributed by atoms with Gasteiger partial charge in [0.05, 0.1) is 11.4 Å². The first kappa shape index (κ1) is 16.3. The summed E-state index contributed by atoms with van der Waals surface area (Å²) in [7, 11) is 1.55. The largest absolute Gasteiger partial charge is 0.266 e. The normalized spacial score (nSPS) is 11.9. The van der Waals surface area contributed by atoms with Crippen LogP contribution in [0.25, 0.3) is 5.69 Å². The molecule has 2 rings (SSSR count). The zero-order valence-corrected chi connectivity index (χ0v) is 14.6. The van der Waals surface area contributed by atoms with E-state index >= 15 is 0 Å². The molecule has 114 valence electrons. The maximum atomic E-state index is 11.7. The molecule has 0 saturated carbocycles. The molecule has 21 heavy (non-hydrogen) atoms. The fourth-order valence-corrected chi connectivity index (χ4v) is 4.45. The first-order chi connectivity index (χ1) is 9.66. The SMILES string of the molecule is CCc1nn(-c2c(C)cc(C)cc2C)c(Cl)c1S(=O)(=O)Cl. The average molecular weight is 347 g/mol. The van der Waals surface area contributed by atoms with Gasteiger partial charge in [-0.2, -0.15) is 5.10 Å². The highest BCUT2D eigenvalue weighted by atomic mass is 35.7. The lowest BCUT2D eigenvalue weighted by Gasteiger charge is -2.12. The summed E-state index contributed by atoms with van der Waals surface area (Å²) >= 11 is 6.25. The molecule has 1 aromatic carbocycles. The van der Waals surface area contributed by atoms with Gasteiger partial charge in [-0.05, 0) is 38.3 Å². The van der Waals surface area contributed by atoms with Crippen molar-refractivity contribution in [1.82, 2.24) is 9.78 Å². The number of hydrogen-bond acceptors (Lipinski definition) is 3. The van der Waals surface area contributed by atoms with Crippen LogP contribution in [0.15, 0.2) is 17.0 Å². The number of rotatable bonds is 3. The fraction of sp³-hybridized carbons (Fsp3) is 0.357. The van der Waals surface area contributed by atoms with E-state index in [9.17, 15) is 8.42 Å². The van der Waals surface area contributed by atoms with E-state index in [1.165, 1.54) is 4.68 Å². The molecule has 0 spiro atoms. The first-order valence-electron chi connectivity index (χ1n) is 6.47. The summed E-state index contributed by atoms with van der Waals surface area (Å²) < 4.78 is 24.9. The van der Waals surface area contributed by atoms with Crippen molar-refractivity contribution in [3.05, 3.63) is 39.7 Å². The van der Waals surface area contributed by atoms with Gasteiger partial charge in [0.25, 0.3) is 9.05 Å². The van der Waals surface area contributed by atoms with Crippen LogP contribution in [-0.2, 0) is 15.5 Å². The molecule has 2 aromatic rings. The van der Waals surface area contributed by atoms with E-state index in [-0.39, 0.29) is 10.0 Å². The second-order valence-corrected chi connectivity index (χ2v) is 7.88. The van der Waals surface area contributed by atoms with Gasteiger partial charge < -0.3 is 0 Å². The van der Waals surface area contributed by atoms with Crippen LogP contribution in [0.5, 0.6) is 0 Å². The Hall–Kier alpha value is -1.04. The second kappa shape index (κ2) is 5.63. The molecule has 0 amide bonds. The van der Waals surface area contributed by atoms with E-state index in [1.54, 1.807) is 0 Å². The molecular weight excluding hydrogens is 331 g/mol. The van der Waals surface area contributed by atoms with Crippen molar-refractivity contribution in [2.75, 3.05) is 0 Å². The van der Waals surface area contributed by atoms with Crippen molar-refractivity contribution in [2.45, 2.75) is 39.0 Å². The van der Waals surface area contributed by atoms with Crippen molar-refractivity contribution >= 4 is 31.3 Å². The monoisotopic (exact) mass is 346 g/mol. The topological polar surface area (TPSA) is 52.0 Å². The van der Waals surface area contributed by atoms with Gasteiger partial charge in [0.1, 0.15) is 4.90 Å². The van der Waals surface area contributed by atoms with Crippen molar-refractivity contribution in [3.63, 3.8) is 0 Å². The highest BCUT2D eigenvalue weighted by Crippen LogP contribution is 2.33. The third kappa shape index (κ3) is 2.96. The second-order valence-electron chi connectivity index (χ2n) is 5.02. The standard InChI is InChI=1S/C14H16Cl2N2O2S/c1-5-11-13(21(16,19)20)14(15)18(17-11)12-9(3)6-8(2)7-10(12)4/h6-7H,5H2,1-4H3. The zero-order valence-electron chi connectivity index (χ0n) is 12.2. The van der Waals surface area contributed by atoms with Crippen LogP contribution >= 0.6 is 22.3 Å². The Morgan fingerprint density at radius 1 is 1.19 bits per heavy atom. The van der Waals surface area contributed by atoms with Gasteiger partial charge in [-0.15, -0.1) is 0 Å². The van der Waals surface area contributed by atoms with Crippen LogP contribution in [0.2, 0.25) is 5.15 Å². The number of aryl methyl sites for hydroxylation is 4. The number of aromatic nitrogens is 2. The molecule has 0 fully saturated rings. The summed E-state index contributed by atoms with van der Waals surface area (Å²) in [5.41, 5.74) is 4.22. The predicted molar refractivity (Wildman–Crippen MR) is 85.2 cm³/mol. The molecule has 0 bridgehead atoms. The Balaban J connectivity index is 2.82. The summed E-state index contributed by atoms with van der Waals surface area (Å²) in [5, 5.41) is 4.36. The molecule has 1 aromatic heterocycles. The van der Waals surface area contributed by atoms with Crippen molar-refractivity contribution < 1.29 is 8.42 Å². The van der Waals surface area contributed by atoms with E-state index in [0.717, 1.165) is 22.4 Å². The molecule has 0 aliphatic rings. The van der Waals surface area contributed by atoms with Gasteiger partial charge >= 0.3 is 0 Å². The minimum atomic E-state index is -3.94. The molecule has 0 aliphatic carbocycles. The summed E-state index contributed by atoms with van der Waals surface area (Å²) in [6.07, 6.45) is 0.429. The molecule has 0 radical (unpaired) electrons. The van der Waals surface area contributed by atoms with Crippen molar-refractivity contribution in [1.29, 1.82) is 0 Å². The average Bonchev–Trinajstić information content (AvgIpc) is 2.65. The molecule has 1 heterocycles. The quantitative estimate of drug-likeness (QED) is 0.790. The van der Waals surface area contributed by atoms with Gasteiger partial charge in [-0.1, -0.05) is 36.2 Å². The van der Waals surface area contributed by atoms with Gasteiger partial charge in [-0.3, -0.25) is 0 Å². The molecule has 0 N–H and O–H groups in total. The lowest BCUT2D eigenvalue weighted by molar-refractivity contribution is 0.608. The molecule has 4 nitrogen and oxygen atoms in total. The van der Waals surface area contributed by atoms with Gasteiger partial charge in [0, 0.05) is 10.7 Å². The lowest BCUT2D eigenvalue weighted by atomic mass is 10.1. The van der Waals surface area contributed by atoms with E-state index in [2.05, 4.69) is 5.10 Å². The maximum absolute atomic E-state index is 11.7. The minimum Gasteiger partial charge on any atom is -0.220 e. The Labute approximate surface area is 134 Å². The first-order valence-corrected chi connectivity index (χ1v) is 9.15. The summed E-state index contributed by atoms with van der Waals surface area (Å²) in [6.45, 7) is 7.69. The predicted octanol–water partition coefficient (Wildman–Crippen LogP) is 3.94. The summed E-state index contributed by atoms with van der Waals surface area (Å²) in [6, 6.07) is 4.00. The van der Waals surface area contributed by atoms with E-state index in [4.69, 9.17) is 22.3 Å². The molecule has 0 aliphatic heterocycles. The minimum absolute atomic E-state index is 0.0249. The van der Waals surface area contributed by atoms with Crippen LogP contribution in [-0.4, -0.2) is 18.2 Å². The van der Waals surface area contributed by atoms with Gasteiger partial charge in [0.2, 0.25) is 0 Å². The van der Waals surface area contributed by atoms with Crippen LogP contribution in [0.1, 0.15) is 29.3 Å². The fourth-order valence-electron chi connectivity index (χ4n) is 2.55. The Morgan fingerprint density at radius 2 is 1.71 bits per heavy atom. The number of benzene rings is 1. The Kier molecular flexibility index (Phi) is 4.38. The molecule has 0 unspecified atom stereocenters. The number of hydrogen-bond donors (Lipinski definition) is 0. The maximum Gasteiger partial charge on any atom is 0.266 e. The number of halogens is 2. The van der Waals surface area contributed by atoms with Crippen molar-refractivity contribution in [2.24, 2.45) is 0 Å². The van der Waals surface area contributed by atoms with E-state index in [0.29, 0.717) is 12.1 Å². The molecular formula is C14H16Cl2N2O2S. The molecule has 0 atom stereocenters. The molecule has 7 heteroatoms.